The molecule has 0 heterocycles. The van der Waals surface area contributed by atoms with Gasteiger partial charge in [-0.2, -0.15) is 0 Å². The number of methoxy groups -OCH3 is 2. The molecule has 31 heavy (non-hydrogen) atoms. The molecule has 0 saturated heterocycles. The highest BCUT2D eigenvalue weighted by molar-refractivity contribution is 5.49. The molecule has 0 bridgehead atoms. The number of nitrogen functional groups attached to an aromatic ring is 1. The minimum Gasteiger partial charge on any atom is -0.493 e. The van der Waals surface area contributed by atoms with Crippen molar-refractivity contribution in [3.8, 4) is 17.2 Å². The highest BCUT2D eigenvalue weighted by Gasteiger charge is 2.10. The first-order valence-electron chi connectivity index (χ1n) is 10.3. The van der Waals surface area contributed by atoms with Gasteiger partial charge in [-0.15, -0.1) is 0 Å². The van der Waals surface area contributed by atoms with Crippen LogP contribution in [-0.2, 0) is 12.8 Å². The fraction of sp³-hybridized carbons (Fsp3) is 0.231. The third-order valence-corrected chi connectivity index (χ3v) is 4.50. The lowest BCUT2D eigenvalue weighted by atomic mass is 10.1. The van der Waals surface area contributed by atoms with E-state index in [9.17, 15) is 4.39 Å². The Kier molecular flexibility index (Phi) is 9.43. The van der Waals surface area contributed by atoms with Crippen LogP contribution in [0.4, 0.5) is 10.1 Å². The molecule has 0 amide bonds. The van der Waals surface area contributed by atoms with Crippen molar-refractivity contribution in [2.24, 2.45) is 0 Å². The topological polar surface area (TPSA) is 53.7 Å². The van der Waals surface area contributed by atoms with Gasteiger partial charge in [0.15, 0.2) is 11.5 Å². The first-order chi connectivity index (χ1) is 15.1. The first kappa shape index (κ1) is 23.8. The van der Waals surface area contributed by atoms with Crippen LogP contribution < -0.4 is 19.9 Å². The van der Waals surface area contributed by atoms with Crippen molar-refractivity contribution in [1.82, 2.24) is 0 Å². The minimum atomic E-state index is -0.253. The Labute approximate surface area is 184 Å². The summed E-state index contributed by atoms with van der Waals surface area (Å²) >= 11 is 0. The summed E-state index contributed by atoms with van der Waals surface area (Å²) < 4.78 is 30.0. The SMILES string of the molecule is CC.COc1ccc(O/C(=C/Cc2ccc(F)cc2)Cc2ccccc2N)cc1OC. The van der Waals surface area contributed by atoms with Gasteiger partial charge in [0.1, 0.15) is 17.3 Å². The molecule has 2 N–H and O–H groups in total. The van der Waals surface area contributed by atoms with E-state index in [0.29, 0.717) is 35.8 Å². The molecule has 0 aliphatic rings. The van der Waals surface area contributed by atoms with E-state index in [4.69, 9.17) is 19.9 Å². The molecule has 0 aliphatic heterocycles. The molecule has 0 radical (unpaired) electrons. The van der Waals surface area contributed by atoms with Crippen molar-refractivity contribution < 1.29 is 18.6 Å². The van der Waals surface area contributed by atoms with Crippen molar-refractivity contribution in [2.45, 2.75) is 26.7 Å². The lowest BCUT2D eigenvalue weighted by Crippen LogP contribution is -2.04. The summed E-state index contributed by atoms with van der Waals surface area (Å²) in [6.45, 7) is 4.00. The summed E-state index contributed by atoms with van der Waals surface area (Å²) in [6.07, 6.45) is 3.12. The number of hydrogen-bond acceptors (Lipinski definition) is 4. The molecular weight excluding hydrogens is 393 g/mol. The number of benzene rings is 3. The molecule has 0 unspecified atom stereocenters. The van der Waals surface area contributed by atoms with Gasteiger partial charge in [0, 0.05) is 18.2 Å². The predicted molar refractivity (Wildman–Crippen MR) is 124 cm³/mol. The van der Waals surface area contributed by atoms with Crippen LogP contribution >= 0.6 is 0 Å². The Morgan fingerprint density at radius 1 is 0.903 bits per heavy atom. The maximum absolute atomic E-state index is 13.2. The second kappa shape index (κ2) is 12.3. The summed E-state index contributed by atoms with van der Waals surface area (Å²) in [4.78, 5) is 0. The number of allylic oxidation sites excluding steroid dienone is 2. The normalized spacial score (nSPS) is 10.7. The Hall–Kier alpha value is -3.47. The molecule has 4 nitrogen and oxygen atoms in total. The van der Waals surface area contributed by atoms with Gasteiger partial charge >= 0.3 is 0 Å². The van der Waals surface area contributed by atoms with Crippen LogP contribution in [0.2, 0.25) is 0 Å². The van der Waals surface area contributed by atoms with E-state index < -0.39 is 0 Å². The molecule has 0 spiro atoms. The highest BCUT2D eigenvalue weighted by atomic mass is 19.1. The van der Waals surface area contributed by atoms with Crippen molar-refractivity contribution >= 4 is 5.69 Å². The van der Waals surface area contributed by atoms with Gasteiger partial charge in [0.2, 0.25) is 0 Å². The summed E-state index contributed by atoms with van der Waals surface area (Å²) in [7, 11) is 3.17. The van der Waals surface area contributed by atoms with Gasteiger partial charge in [0.25, 0.3) is 0 Å². The second-order valence-electron chi connectivity index (χ2n) is 6.50. The molecule has 5 heteroatoms. The molecule has 0 fully saturated rings. The van der Waals surface area contributed by atoms with Gasteiger partial charge < -0.3 is 19.9 Å². The summed E-state index contributed by atoms with van der Waals surface area (Å²) in [6, 6.07) is 19.5. The number of hydrogen-bond donors (Lipinski definition) is 1. The van der Waals surface area contributed by atoms with Gasteiger partial charge in [-0.25, -0.2) is 4.39 Å². The smallest absolute Gasteiger partial charge is 0.164 e. The fourth-order valence-electron chi connectivity index (χ4n) is 2.92. The number of nitrogens with two attached hydrogens (primary N) is 1. The molecule has 3 aromatic rings. The lowest BCUT2D eigenvalue weighted by molar-refractivity contribution is 0.349. The number of anilines is 1. The van der Waals surface area contributed by atoms with Crippen molar-refractivity contribution in [3.05, 3.63) is 95.5 Å². The maximum Gasteiger partial charge on any atom is 0.164 e. The second-order valence-corrected chi connectivity index (χ2v) is 6.50. The number of halogens is 1. The van der Waals surface area contributed by atoms with E-state index in [-0.39, 0.29) is 5.82 Å². The Balaban J connectivity index is 0.00000166. The van der Waals surface area contributed by atoms with Crippen LogP contribution in [0.3, 0.4) is 0 Å². The van der Waals surface area contributed by atoms with Crippen LogP contribution in [0, 0.1) is 5.82 Å². The average molecular weight is 424 g/mol. The predicted octanol–water partition coefficient (Wildman–Crippen LogP) is 6.20. The van der Waals surface area contributed by atoms with E-state index in [1.54, 1.807) is 38.5 Å². The largest absolute Gasteiger partial charge is 0.493 e. The monoisotopic (exact) mass is 423 g/mol. The van der Waals surface area contributed by atoms with E-state index in [2.05, 4.69) is 0 Å². The minimum absolute atomic E-state index is 0.253. The molecule has 3 rings (SSSR count). The quantitative estimate of drug-likeness (QED) is 0.346. The van der Waals surface area contributed by atoms with Gasteiger partial charge in [-0.1, -0.05) is 44.2 Å². The fourth-order valence-corrected chi connectivity index (χ4v) is 2.92. The third kappa shape index (κ3) is 7.07. The molecule has 0 atom stereocenters. The molecule has 0 saturated carbocycles. The standard InChI is InChI=1S/C24H24FNO3.C2H6/c1-27-23-14-13-21(16-24(23)28-2)29-20(15-18-5-3-4-6-22(18)26)12-9-17-7-10-19(25)11-8-17;1-2/h3-8,10-14,16H,9,15,26H2,1-2H3;1-2H3/b20-12+;. The molecule has 0 aromatic heterocycles. The van der Waals surface area contributed by atoms with Crippen LogP contribution in [0.25, 0.3) is 0 Å². The van der Waals surface area contributed by atoms with E-state index in [0.717, 1.165) is 16.9 Å². The van der Waals surface area contributed by atoms with Crippen LogP contribution in [0.15, 0.2) is 78.6 Å². The van der Waals surface area contributed by atoms with Crippen LogP contribution in [0.1, 0.15) is 25.0 Å². The molecule has 0 aliphatic carbocycles. The first-order valence-corrected chi connectivity index (χ1v) is 10.3. The van der Waals surface area contributed by atoms with Crippen LogP contribution in [0.5, 0.6) is 17.2 Å². The van der Waals surface area contributed by atoms with Crippen molar-refractivity contribution in [2.75, 3.05) is 20.0 Å². The average Bonchev–Trinajstić information content (AvgIpc) is 2.81. The number of ether oxygens (including phenoxy) is 3. The molecule has 3 aromatic carbocycles. The molecule has 164 valence electrons. The highest BCUT2D eigenvalue weighted by Crippen LogP contribution is 2.32. The zero-order valence-corrected chi connectivity index (χ0v) is 18.5. The maximum atomic E-state index is 13.2. The number of rotatable bonds is 8. The molecular formula is C26H30FNO3. The zero-order valence-electron chi connectivity index (χ0n) is 18.5. The summed E-state index contributed by atoms with van der Waals surface area (Å²) in [5.41, 5.74) is 8.77. The van der Waals surface area contributed by atoms with E-state index in [1.807, 2.05) is 50.3 Å². The summed E-state index contributed by atoms with van der Waals surface area (Å²) in [5.74, 6) is 2.32. The van der Waals surface area contributed by atoms with Gasteiger partial charge in [-0.05, 0) is 54.0 Å². The number of para-hydroxylation sites is 1. The third-order valence-electron chi connectivity index (χ3n) is 4.50. The van der Waals surface area contributed by atoms with Crippen molar-refractivity contribution in [3.63, 3.8) is 0 Å². The Morgan fingerprint density at radius 3 is 2.23 bits per heavy atom. The van der Waals surface area contributed by atoms with Crippen molar-refractivity contribution in [1.29, 1.82) is 0 Å². The van der Waals surface area contributed by atoms with Gasteiger partial charge in [0.05, 0.1) is 14.2 Å². The summed E-state index contributed by atoms with van der Waals surface area (Å²) in [5, 5.41) is 0. The van der Waals surface area contributed by atoms with E-state index >= 15 is 0 Å². The Bertz CT molecular complexity index is 984. The zero-order chi connectivity index (χ0) is 22.6. The van der Waals surface area contributed by atoms with Gasteiger partial charge in [-0.3, -0.25) is 0 Å². The van der Waals surface area contributed by atoms with E-state index in [1.165, 1.54) is 12.1 Å². The lowest BCUT2D eigenvalue weighted by Gasteiger charge is -2.14. The van der Waals surface area contributed by atoms with Crippen LogP contribution in [-0.4, -0.2) is 14.2 Å². The Morgan fingerprint density at radius 2 is 1.58 bits per heavy atom.